The number of hydrogen-bond acceptors (Lipinski definition) is 4. The van der Waals surface area contributed by atoms with E-state index in [1.54, 1.807) is 6.07 Å². The first-order chi connectivity index (χ1) is 6.13. The van der Waals surface area contributed by atoms with Crippen molar-refractivity contribution in [2.45, 2.75) is 20.3 Å². The molecule has 1 amide bonds. The van der Waals surface area contributed by atoms with E-state index in [4.69, 9.17) is 5.26 Å². The van der Waals surface area contributed by atoms with Crippen molar-refractivity contribution >= 4 is 22.4 Å². The molecule has 0 bridgehead atoms. The number of rotatable bonds is 2. The summed E-state index contributed by atoms with van der Waals surface area (Å²) in [5.74, 6) is -0.309. The van der Waals surface area contributed by atoms with Crippen LogP contribution in [-0.2, 0) is 4.79 Å². The second-order valence-corrected chi connectivity index (χ2v) is 3.75. The number of carbonyl (C=O) groups is 1. The minimum absolute atomic E-state index is 0.127. The van der Waals surface area contributed by atoms with E-state index in [-0.39, 0.29) is 12.3 Å². The number of nitriles is 1. The molecule has 0 unspecified atom stereocenters. The highest BCUT2D eigenvalue weighted by molar-refractivity contribution is 7.15. The molecule has 0 saturated carbocycles. The molecule has 0 radical (unpaired) electrons. The van der Waals surface area contributed by atoms with Crippen LogP contribution in [-0.4, -0.2) is 10.9 Å². The maximum atomic E-state index is 11.0. The summed E-state index contributed by atoms with van der Waals surface area (Å²) >= 11 is 1.42. The van der Waals surface area contributed by atoms with Gasteiger partial charge in [0, 0.05) is 4.88 Å². The third-order valence-electron chi connectivity index (χ3n) is 1.51. The SMILES string of the molecule is Cc1nc(NC(=O)CC#N)sc1C. The van der Waals surface area contributed by atoms with Crippen LogP contribution in [0.15, 0.2) is 0 Å². The monoisotopic (exact) mass is 195 g/mol. The lowest BCUT2D eigenvalue weighted by Gasteiger charge is -1.94. The fourth-order valence-electron chi connectivity index (χ4n) is 0.761. The molecular formula is C8H9N3OS. The highest BCUT2D eigenvalue weighted by atomic mass is 32.1. The predicted molar refractivity (Wildman–Crippen MR) is 50.4 cm³/mol. The third kappa shape index (κ3) is 2.53. The van der Waals surface area contributed by atoms with Crippen molar-refractivity contribution in [1.82, 2.24) is 4.98 Å². The van der Waals surface area contributed by atoms with Crippen molar-refractivity contribution in [1.29, 1.82) is 5.26 Å². The quantitative estimate of drug-likeness (QED) is 0.779. The second kappa shape index (κ2) is 4.01. The Hall–Kier alpha value is -1.41. The van der Waals surface area contributed by atoms with E-state index in [0.717, 1.165) is 10.6 Å². The lowest BCUT2D eigenvalue weighted by molar-refractivity contribution is -0.115. The Balaban J connectivity index is 2.65. The summed E-state index contributed by atoms with van der Waals surface area (Å²) in [5, 5.41) is 11.4. The standard InChI is InChI=1S/C8H9N3OS/c1-5-6(2)13-8(10-5)11-7(12)3-4-9/h3H2,1-2H3,(H,10,11,12). The zero-order valence-electron chi connectivity index (χ0n) is 7.42. The number of hydrogen-bond donors (Lipinski definition) is 1. The summed E-state index contributed by atoms with van der Waals surface area (Å²) in [6.07, 6.45) is -0.127. The molecule has 5 heteroatoms. The van der Waals surface area contributed by atoms with Gasteiger partial charge in [-0.25, -0.2) is 4.98 Å². The maximum Gasteiger partial charge on any atom is 0.240 e. The Morgan fingerprint density at radius 1 is 1.69 bits per heavy atom. The predicted octanol–water partition coefficient (Wildman–Crippen LogP) is 1.61. The summed E-state index contributed by atoms with van der Waals surface area (Å²) in [7, 11) is 0. The van der Waals surface area contributed by atoms with Crippen LogP contribution in [0.2, 0.25) is 0 Å². The molecule has 0 aliphatic carbocycles. The largest absolute Gasteiger partial charge is 0.301 e. The number of aromatic nitrogens is 1. The molecule has 1 heterocycles. The maximum absolute atomic E-state index is 11.0. The van der Waals surface area contributed by atoms with Crippen molar-refractivity contribution in [3.05, 3.63) is 10.6 Å². The van der Waals surface area contributed by atoms with Crippen molar-refractivity contribution in [3.8, 4) is 6.07 Å². The average molecular weight is 195 g/mol. The van der Waals surface area contributed by atoms with Gasteiger partial charge in [-0.05, 0) is 13.8 Å². The molecule has 13 heavy (non-hydrogen) atoms. The summed E-state index contributed by atoms with van der Waals surface area (Å²) in [5.41, 5.74) is 0.914. The Bertz CT molecular complexity index is 344. The van der Waals surface area contributed by atoms with E-state index >= 15 is 0 Å². The minimum atomic E-state index is -0.309. The van der Waals surface area contributed by atoms with Crippen LogP contribution in [0.4, 0.5) is 5.13 Å². The summed E-state index contributed by atoms with van der Waals surface area (Å²) < 4.78 is 0. The van der Waals surface area contributed by atoms with Gasteiger partial charge in [0.1, 0.15) is 6.42 Å². The lowest BCUT2D eigenvalue weighted by atomic mass is 10.4. The van der Waals surface area contributed by atoms with Crippen LogP contribution < -0.4 is 5.32 Å². The van der Waals surface area contributed by atoms with Crippen LogP contribution >= 0.6 is 11.3 Å². The molecule has 0 fully saturated rings. The number of thiazole rings is 1. The van der Waals surface area contributed by atoms with Gasteiger partial charge in [0.25, 0.3) is 0 Å². The fraction of sp³-hybridized carbons (Fsp3) is 0.375. The van der Waals surface area contributed by atoms with E-state index in [9.17, 15) is 4.79 Å². The van der Waals surface area contributed by atoms with Gasteiger partial charge in [-0.3, -0.25) is 4.79 Å². The number of amides is 1. The lowest BCUT2D eigenvalue weighted by Crippen LogP contribution is -2.09. The van der Waals surface area contributed by atoms with E-state index in [0.29, 0.717) is 5.13 Å². The van der Waals surface area contributed by atoms with Gasteiger partial charge >= 0.3 is 0 Å². The molecule has 0 atom stereocenters. The van der Waals surface area contributed by atoms with E-state index < -0.39 is 0 Å². The number of nitrogens with zero attached hydrogens (tertiary/aromatic N) is 2. The second-order valence-electron chi connectivity index (χ2n) is 2.54. The smallest absolute Gasteiger partial charge is 0.240 e. The highest BCUT2D eigenvalue weighted by Gasteiger charge is 2.06. The van der Waals surface area contributed by atoms with Gasteiger partial charge in [-0.1, -0.05) is 0 Å². The zero-order chi connectivity index (χ0) is 9.84. The van der Waals surface area contributed by atoms with Crippen LogP contribution in [0.25, 0.3) is 0 Å². The molecule has 0 saturated heterocycles. The fourth-order valence-corrected chi connectivity index (χ4v) is 1.59. The van der Waals surface area contributed by atoms with Gasteiger partial charge < -0.3 is 5.32 Å². The Morgan fingerprint density at radius 2 is 2.38 bits per heavy atom. The van der Waals surface area contributed by atoms with E-state index in [2.05, 4.69) is 10.3 Å². The first-order valence-corrected chi connectivity index (χ1v) is 4.56. The van der Waals surface area contributed by atoms with Crippen LogP contribution in [0.3, 0.4) is 0 Å². The average Bonchev–Trinajstić information content (AvgIpc) is 2.31. The molecule has 1 aromatic rings. The van der Waals surface area contributed by atoms with Gasteiger partial charge in [-0.15, -0.1) is 11.3 Å². The molecule has 0 aliphatic rings. The van der Waals surface area contributed by atoms with Crippen molar-refractivity contribution < 1.29 is 4.79 Å². The Kier molecular flexibility index (Phi) is 2.98. The van der Waals surface area contributed by atoms with Gasteiger partial charge in [-0.2, -0.15) is 5.26 Å². The molecule has 1 rings (SSSR count). The number of carbonyl (C=O) groups excluding carboxylic acids is 1. The van der Waals surface area contributed by atoms with Gasteiger partial charge in [0.2, 0.25) is 5.91 Å². The summed E-state index contributed by atoms with van der Waals surface area (Å²) in [4.78, 5) is 16.2. The first kappa shape index (κ1) is 9.68. The van der Waals surface area contributed by atoms with Crippen molar-refractivity contribution in [2.24, 2.45) is 0 Å². The molecule has 68 valence electrons. The number of aryl methyl sites for hydroxylation is 2. The Morgan fingerprint density at radius 3 is 2.85 bits per heavy atom. The Labute approximate surface area is 80.2 Å². The van der Waals surface area contributed by atoms with Crippen molar-refractivity contribution in [3.63, 3.8) is 0 Å². The van der Waals surface area contributed by atoms with Crippen LogP contribution in [0.5, 0.6) is 0 Å². The van der Waals surface area contributed by atoms with Crippen molar-refractivity contribution in [2.75, 3.05) is 5.32 Å². The highest BCUT2D eigenvalue weighted by Crippen LogP contribution is 2.20. The summed E-state index contributed by atoms with van der Waals surface area (Å²) in [6.45, 7) is 3.82. The normalized spacial score (nSPS) is 9.31. The molecule has 4 nitrogen and oxygen atoms in total. The molecular weight excluding hydrogens is 186 g/mol. The first-order valence-electron chi connectivity index (χ1n) is 3.74. The van der Waals surface area contributed by atoms with Crippen LogP contribution in [0.1, 0.15) is 17.0 Å². The van der Waals surface area contributed by atoms with Gasteiger partial charge in [0.05, 0.1) is 11.8 Å². The van der Waals surface area contributed by atoms with Gasteiger partial charge in [0.15, 0.2) is 5.13 Å². The zero-order valence-corrected chi connectivity index (χ0v) is 8.23. The van der Waals surface area contributed by atoms with E-state index in [1.807, 2.05) is 13.8 Å². The van der Waals surface area contributed by atoms with Crippen LogP contribution in [0, 0.1) is 25.2 Å². The minimum Gasteiger partial charge on any atom is -0.301 e. The topological polar surface area (TPSA) is 65.8 Å². The number of nitrogens with one attached hydrogen (secondary N) is 1. The molecule has 1 N–H and O–H groups in total. The number of anilines is 1. The molecule has 0 aromatic carbocycles. The molecule has 1 aromatic heterocycles. The molecule has 0 aliphatic heterocycles. The summed E-state index contributed by atoms with van der Waals surface area (Å²) in [6, 6.07) is 1.77. The molecule has 0 spiro atoms. The van der Waals surface area contributed by atoms with E-state index in [1.165, 1.54) is 11.3 Å². The third-order valence-corrected chi connectivity index (χ3v) is 2.50.